The summed E-state index contributed by atoms with van der Waals surface area (Å²) in [4.78, 5) is 25.3. The van der Waals surface area contributed by atoms with E-state index in [4.69, 9.17) is 23.2 Å². The van der Waals surface area contributed by atoms with Gasteiger partial charge in [-0.05, 0) is 48.4 Å². The van der Waals surface area contributed by atoms with Gasteiger partial charge in [-0.2, -0.15) is 0 Å². The van der Waals surface area contributed by atoms with Crippen LogP contribution in [-0.2, 0) is 16.0 Å². The molecule has 0 atom stereocenters. The Bertz CT molecular complexity index is 842. The highest BCUT2D eigenvalue weighted by Crippen LogP contribution is 2.27. The Balaban J connectivity index is 1.70. The largest absolute Gasteiger partial charge is 0.326 e. The second-order valence-corrected chi connectivity index (χ2v) is 6.62. The lowest BCUT2D eigenvalue weighted by atomic mass is 10.1. The normalized spacial score (nSPS) is 14.0. The number of carbonyl (C=O) groups excluding carboxylic acids is 2. The van der Waals surface area contributed by atoms with E-state index in [1.807, 2.05) is 0 Å². The van der Waals surface area contributed by atoms with Crippen LogP contribution in [0.1, 0.15) is 18.4 Å². The van der Waals surface area contributed by atoms with Crippen LogP contribution in [0.15, 0.2) is 36.4 Å². The highest BCUT2D eigenvalue weighted by Gasteiger charge is 2.24. The maximum Gasteiger partial charge on any atom is 0.228 e. The number of halogens is 3. The fourth-order valence-electron chi connectivity index (χ4n) is 2.76. The quantitative estimate of drug-likeness (QED) is 0.851. The Kier molecular flexibility index (Phi) is 5.25. The zero-order valence-electron chi connectivity index (χ0n) is 13.2. The van der Waals surface area contributed by atoms with E-state index < -0.39 is 5.82 Å². The molecule has 7 heteroatoms. The van der Waals surface area contributed by atoms with Crippen molar-refractivity contribution in [3.8, 4) is 0 Å². The molecule has 1 N–H and O–H groups in total. The molecule has 1 heterocycles. The number of nitrogens with one attached hydrogen (secondary N) is 1. The van der Waals surface area contributed by atoms with Crippen molar-refractivity contribution in [2.45, 2.75) is 19.3 Å². The van der Waals surface area contributed by atoms with Crippen molar-refractivity contribution in [3.63, 3.8) is 0 Å². The second kappa shape index (κ2) is 7.42. The molecule has 2 aromatic carbocycles. The standard InChI is InChI=1S/C18H15Cl2FN2O2/c19-12-3-5-14(20)11(8-12)9-17(24)22-13-4-6-16(15(21)10-13)23-7-1-2-18(23)25/h3-6,8,10H,1-2,7,9H2,(H,22,24). The Morgan fingerprint density at radius 1 is 1.20 bits per heavy atom. The van der Waals surface area contributed by atoms with Crippen LogP contribution >= 0.6 is 23.2 Å². The van der Waals surface area contributed by atoms with Crippen LogP contribution in [0.25, 0.3) is 0 Å². The topological polar surface area (TPSA) is 49.4 Å². The molecule has 0 spiro atoms. The molecule has 0 aliphatic carbocycles. The predicted octanol–water partition coefficient (Wildman–Crippen LogP) is 4.44. The molecule has 0 unspecified atom stereocenters. The van der Waals surface area contributed by atoms with Gasteiger partial charge in [0.25, 0.3) is 0 Å². The lowest BCUT2D eigenvalue weighted by Gasteiger charge is -2.17. The van der Waals surface area contributed by atoms with Gasteiger partial charge >= 0.3 is 0 Å². The van der Waals surface area contributed by atoms with Crippen molar-refractivity contribution in [3.05, 3.63) is 57.8 Å². The van der Waals surface area contributed by atoms with Gasteiger partial charge in [-0.15, -0.1) is 0 Å². The first-order valence-electron chi connectivity index (χ1n) is 7.78. The zero-order valence-corrected chi connectivity index (χ0v) is 14.7. The molecule has 25 heavy (non-hydrogen) atoms. The first kappa shape index (κ1) is 17.7. The highest BCUT2D eigenvalue weighted by molar-refractivity contribution is 6.33. The van der Waals surface area contributed by atoms with Crippen molar-refractivity contribution in [1.29, 1.82) is 0 Å². The van der Waals surface area contributed by atoms with Crippen LogP contribution in [0, 0.1) is 5.82 Å². The number of benzene rings is 2. The van der Waals surface area contributed by atoms with Gasteiger partial charge in [0, 0.05) is 28.7 Å². The summed E-state index contributed by atoms with van der Waals surface area (Å²) in [5.74, 6) is -0.978. The third kappa shape index (κ3) is 4.11. The maximum absolute atomic E-state index is 14.3. The number of hydrogen-bond donors (Lipinski definition) is 1. The second-order valence-electron chi connectivity index (χ2n) is 5.78. The van der Waals surface area contributed by atoms with Crippen molar-refractivity contribution in [1.82, 2.24) is 0 Å². The molecule has 2 amide bonds. The summed E-state index contributed by atoms with van der Waals surface area (Å²) in [7, 11) is 0. The molecule has 0 bridgehead atoms. The predicted molar refractivity (Wildman–Crippen MR) is 96.8 cm³/mol. The minimum Gasteiger partial charge on any atom is -0.326 e. The van der Waals surface area contributed by atoms with E-state index >= 15 is 0 Å². The first-order chi connectivity index (χ1) is 11.9. The monoisotopic (exact) mass is 380 g/mol. The van der Waals surface area contributed by atoms with Gasteiger partial charge in [0.05, 0.1) is 12.1 Å². The van der Waals surface area contributed by atoms with E-state index in [1.54, 1.807) is 24.3 Å². The van der Waals surface area contributed by atoms with Crippen molar-refractivity contribution in [2.24, 2.45) is 0 Å². The van der Waals surface area contributed by atoms with Crippen molar-refractivity contribution in [2.75, 3.05) is 16.8 Å². The number of amides is 2. The highest BCUT2D eigenvalue weighted by atomic mass is 35.5. The third-order valence-electron chi connectivity index (χ3n) is 3.95. The Morgan fingerprint density at radius 2 is 2.00 bits per heavy atom. The molecule has 0 saturated carbocycles. The molecule has 130 valence electrons. The van der Waals surface area contributed by atoms with Crippen molar-refractivity contribution < 1.29 is 14.0 Å². The van der Waals surface area contributed by atoms with E-state index in [1.165, 1.54) is 17.0 Å². The molecule has 0 aromatic heterocycles. The van der Waals surface area contributed by atoms with Crippen LogP contribution in [0.4, 0.5) is 15.8 Å². The Hall–Kier alpha value is -2.11. The zero-order chi connectivity index (χ0) is 18.0. The van der Waals surface area contributed by atoms with Crippen LogP contribution < -0.4 is 10.2 Å². The molecule has 4 nitrogen and oxygen atoms in total. The Morgan fingerprint density at radius 3 is 2.68 bits per heavy atom. The molecule has 0 radical (unpaired) electrons. The number of hydrogen-bond acceptors (Lipinski definition) is 2. The fraction of sp³-hybridized carbons (Fsp3) is 0.222. The number of anilines is 2. The van der Waals surface area contributed by atoms with Crippen LogP contribution in [-0.4, -0.2) is 18.4 Å². The third-order valence-corrected chi connectivity index (χ3v) is 4.56. The summed E-state index contributed by atoms with van der Waals surface area (Å²) in [6.45, 7) is 0.509. The van der Waals surface area contributed by atoms with Gasteiger partial charge < -0.3 is 10.2 Å². The summed E-state index contributed by atoms with van der Waals surface area (Å²) < 4.78 is 14.3. The molecule has 1 saturated heterocycles. The summed E-state index contributed by atoms with van der Waals surface area (Å²) >= 11 is 11.9. The number of rotatable bonds is 4. The van der Waals surface area contributed by atoms with Crippen molar-refractivity contribution >= 4 is 46.4 Å². The van der Waals surface area contributed by atoms with Crippen LogP contribution in [0.5, 0.6) is 0 Å². The molecule has 1 fully saturated rings. The lowest BCUT2D eigenvalue weighted by molar-refractivity contribution is -0.117. The molecule has 1 aliphatic rings. The van der Waals surface area contributed by atoms with Gasteiger partial charge in [-0.3, -0.25) is 9.59 Å². The van der Waals surface area contributed by atoms with Gasteiger partial charge in [0.15, 0.2) is 0 Å². The lowest BCUT2D eigenvalue weighted by Crippen LogP contribution is -2.24. The number of nitrogens with zero attached hydrogens (tertiary/aromatic N) is 1. The maximum atomic E-state index is 14.3. The molecule has 1 aliphatic heterocycles. The first-order valence-corrected chi connectivity index (χ1v) is 8.53. The van der Waals surface area contributed by atoms with Crippen LogP contribution in [0.2, 0.25) is 10.0 Å². The van der Waals surface area contributed by atoms with E-state index in [9.17, 15) is 14.0 Å². The number of carbonyl (C=O) groups is 2. The smallest absolute Gasteiger partial charge is 0.228 e. The average Bonchev–Trinajstić information content (AvgIpc) is 2.97. The fourth-order valence-corrected chi connectivity index (χ4v) is 3.14. The minimum absolute atomic E-state index is 0.0212. The molecule has 2 aromatic rings. The summed E-state index contributed by atoms with van der Waals surface area (Å²) in [6, 6.07) is 9.15. The summed E-state index contributed by atoms with van der Waals surface area (Å²) in [5.41, 5.74) is 1.14. The molecular formula is C18H15Cl2FN2O2. The van der Waals surface area contributed by atoms with Gasteiger partial charge in [0.2, 0.25) is 11.8 Å². The SMILES string of the molecule is O=C(Cc1cc(Cl)ccc1Cl)Nc1ccc(N2CCCC2=O)c(F)c1. The molecular weight excluding hydrogens is 366 g/mol. The average molecular weight is 381 g/mol. The van der Waals surface area contributed by atoms with E-state index in [-0.39, 0.29) is 23.9 Å². The van der Waals surface area contributed by atoms with E-state index in [0.717, 1.165) is 6.42 Å². The Labute approximate surface area is 154 Å². The van der Waals surface area contributed by atoms with Gasteiger partial charge in [-0.1, -0.05) is 23.2 Å². The molecule has 3 rings (SSSR count). The summed E-state index contributed by atoms with van der Waals surface area (Å²) in [5, 5.41) is 3.55. The van der Waals surface area contributed by atoms with Gasteiger partial charge in [0.1, 0.15) is 5.82 Å². The van der Waals surface area contributed by atoms with Gasteiger partial charge in [-0.25, -0.2) is 4.39 Å². The minimum atomic E-state index is -0.547. The van der Waals surface area contributed by atoms with Crippen LogP contribution in [0.3, 0.4) is 0 Å². The van der Waals surface area contributed by atoms with E-state index in [2.05, 4.69) is 5.32 Å². The van der Waals surface area contributed by atoms with E-state index in [0.29, 0.717) is 34.3 Å². The summed E-state index contributed by atoms with van der Waals surface area (Å²) in [6.07, 6.45) is 1.17.